The second kappa shape index (κ2) is 10.2. The first-order valence-corrected chi connectivity index (χ1v) is 12.4. The van der Waals surface area contributed by atoms with Crippen LogP contribution >= 0.6 is 15.9 Å². The first kappa shape index (κ1) is 21.7. The van der Waals surface area contributed by atoms with Crippen molar-refractivity contribution in [3.05, 3.63) is 28.2 Å². The van der Waals surface area contributed by atoms with Crippen molar-refractivity contribution >= 4 is 31.9 Å². The van der Waals surface area contributed by atoms with E-state index < -0.39 is 10.0 Å². The van der Waals surface area contributed by atoms with Crippen LogP contribution in [-0.2, 0) is 14.8 Å². The molecule has 156 valence electrons. The van der Waals surface area contributed by atoms with E-state index in [0.717, 1.165) is 38.5 Å². The molecule has 0 radical (unpaired) electrons. The summed E-state index contributed by atoms with van der Waals surface area (Å²) in [5.41, 5.74) is 0.349. The molecule has 0 spiro atoms. The Morgan fingerprint density at radius 1 is 1.07 bits per heavy atom. The van der Waals surface area contributed by atoms with Gasteiger partial charge < -0.3 is 10.1 Å². The molecule has 1 atom stereocenters. The molecule has 1 unspecified atom stereocenters. The van der Waals surface area contributed by atoms with Crippen LogP contribution in [0.4, 0.5) is 0 Å². The largest absolute Gasteiger partial charge is 0.377 e. The summed E-state index contributed by atoms with van der Waals surface area (Å²) >= 11 is 3.39. The normalized spacial score (nSPS) is 21.8. The zero-order chi connectivity index (χ0) is 20.0. The SMILES string of the molecule is O=C(NC1CCCCCCC1)c1cc(S(=O)(=O)NCC2CCCO2)ccc1Br. The third-order valence-corrected chi connectivity index (χ3v) is 7.57. The smallest absolute Gasteiger partial charge is 0.252 e. The fourth-order valence-corrected chi connectivity index (χ4v) is 5.32. The highest BCUT2D eigenvalue weighted by Crippen LogP contribution is 2.23. The van der Waals surface area contributed by atoms with E-state index in [4.69, 9.17) is 4.74 Å². The molecule has 1 aliphatic carbocycles. The van der Waals surface area contributed by atoms with E-state index >= 15 is 0 Å². The van der Waals surface area contributed by atoms with Crippen LogP contribution in [0.5, 0.6) is 0 Å². The molecular weight excluding hydrogens is 444 g/mol. The second-order valence-corrected chi connectivity index (χ2v) is 10.3. The van der Waals surface area contributed by atoms with E-state index in [1.807, 2.05) is 0 Å². The van der Waals surface area contributed by atoms with E-state index in [2.05, 4.69) is 26.0 Å². The minimum absolute atomic E-state index is 0.0766. The number of hydrogen-bond acceptors (Lipinski definition) is 4. The summed E-state index contributed by atoms with van der Waals surface area (Å²) in [6, 6.07) is 4.72. The molecule has 28 heavy (non-hydrogen) atoms. The third-order valence-electron chi connectivity index (χ3n) is 5.46. The number of amides is 1. The molecule has 1 heterocycles. The number of ether oxygens (including phenoxy) is 1. The topological polar surface area (TPSA) is 84.5 Å². The first-order valence-electron chi connectivity index (χ1n) is 10.2. The third kappa shape index (κ3) is 6.02. The lowest BCUT2D eigenvalue weighted by atomic mass is 9.96. The van der Waals surface area contributed by atoms with Crippen LogP contribution in [0, 0.1) is 0 Å². The van der Waals surface area contributed by atoms with Crippen molar-refractivity contribution in [3.63, 3.8) is 0 Å². The van der Waals surface area contributed by atoms with Gasteiger partial charge in [0, 0.05) is 23.7 Å². The average molecular weight is 473 g/mol. The first-order chi connectivity index (χ1) is 13.5. The summed E-state index contributed by atoms with van der Waals surface area (Å²) in [7, 11) is -3.70. The van der Waals surface area contributed by atoms with E-state index in [1.165, 1.54) is 31.4 Å². The fourth-order valence-electron chi connectivity index (χ4n) is 3.80. The van der Waals surface area contributed by atoms with Gasteiger partial charge in [-0.1, -0.05) is 32.1 Å². The highest BCUT2D eigenvalue weighted by atomic mass is 79.9. The van der Waals surface area contributed by atoms with E-state index in [1.54, 1.807) is 6.07 Å². The number of sulfonamides is 1. The number of halogens is 1. The maximum absolute atomic E-state index is 12.8. The quantitative estimate of drug-likeness (QED) is 0.659. The number of hydrogen-bond donors (Lipinski definition) is 2. The van der Waals surface area contributed by atoms with Crippen LogP contribution in [-0.4, -0.2) is 39.6 Å². The number of carbonyl (C=O) groups is 1. The molecule has 8 heteroatoms. The summed E-state index contributed by atoms with van der Waals surface area (Å²) in [6.07, 6.45) is 9.61. The van der Waals surface area contributed by atoms with Gasteiger partial charge in [-0.15, -0.1) is 0 Å². The summed E-state index contributed by atoms with van der Waals surface area (Å²) in [5, 5.41) is 3.10. The van der Waals surface area contributed by atoms with Crippen molar-refractivity contribution in [3.8, 4) is 0 Å². The highest BCUT2D eigenvalue weighted by molar-refractivity contribution is 9.10. The Balaban J connectivity index is 1.68. The predicted octanol–water partition coefficient (Wildman–Crippen LogP) is 3.75. The van der Waals surface area contributed by atoms with Gasteiger partial charge in [0.25, 0.3) is 5.91 Å². The van der Waals surface area contributed by atoms with Gasteiger partial charge in [-0.2, -0.15) is 0 Å². The Hall–Kier alpha value is -0.960. The van der Waals surface area contributed by atoms with E-state index in [-0.39, 0.29) is 29.5 Å². The monoisotopic (exact) mass is 472 g/mol. The molecule has 0 bridgehead atoms. The summed E-state index contributed by atoms with van der Waals surface area (Å²) in [5.74, 6) is -0.228. The Morgan fingerprint density at radius 2 is 1.79 bits per heavy atom. The lowest BCUT2D eigenvalue weighted by Gasteiger charge is -2.21. The average Bonchev–Trinajstić information content (AvgIpc) is 3.16. The molecule has 1 aliphatic heterocycles. The minimum Gasteiger partial charge on any atom is -0.377 e. The second-order valence-electron chi connectivity index (χ2n) is 7.64. The van der Waals surface area contributed by atoms with E-state index in [9.17, 15) is 13.2 Å². The molecule has 3 rings (SSSR count). The molecule has 2 aliphatic rings. The maximum Gasteiger partial charge on any atom is 0.252 e. The van der Waals surface area contributed by atoms with Crippen molar-refractivity contribution < 1.29 is 17.9 Å². The molecule has 2 fully saturated rings. The summed E-state index contributed by atoms with van der Waals surface area (Å²) in [6.45, 7) is 0.929. The minimum atomic E-state index is -3.70. The van der Waals surface area contributed by atoms with Gasteiger partial charge in [0.1, 0.15) is 0 Å². The zero-order valence-electron chi connectivity index (χ0n) is 16.1. The van der Waals surface area contributed by atoms with Crippen molar-refractivity contribution in [2.75, 3.05) is 13.2 Å². The lowest BCUT2D eigenvalue weighted by molar-refractivity contribution is 0.0929. The van der Waals surface area contributed by atoms with Crippen LogP contribution < -0.4 is 10.0 Å². The fraction of sp³-hybridized carbons (Fsp3) is 0.650. The van der Waals surface area contributed by atoms with E-state index in [0.29, 0.717) is 16.6 Å². The van der Waals surface area contributed by atoms with Crippen LogP contribution in [0.1, 0.15) is 68.1 Å². The van der Waals surface area contributed by atoms with Gasteiger partial charge in [-0.05, 0) is 59.8 Å². The van der Waals surface area contributed by atoms with Gasteiger partial charge in [-0.25, -0.2) is 13.1 Å². The van der Waals surface area contributed by atoms with Gasteiger partial charge >= 0.3 is 0 Å². The van der Waals surface area contributed by atoms with Gasteiger partial charge in [0.2, 0.25) is 10.0 Å². The van der Waals surface area contributed by atoms with Gasteiger partial charge in [-0.3, -0.25) is 4.79 Å². The van der Waals surface area contributed by atoms with Gasteiger partial charge in [0.15, 0.2) is 0 Å². The molecule has 0 aromatic heterocycles. The van der Waals surface area contributed by atoms with Crippen molar-refractivity contribution in [2.45, 2.75) is 74.8 Å². The lowest BCUT2D eigenvalue weighted by Crippen LogP contribution is -2.36. The Morgan fingerprint density at radius 3 is 2.46 bits per heavy atom. The number of nitrogens with one attached hydrogen (secondary N) is 2. The van der Waals surface area contributed by atoms with Crippen LogP contribution in [0.25, 0.3) is 0 Å². The summed E-state index contributed by atoms with van der Waals surface area (Å²) in [4.78, 5) is 12.9. The van der Waals surface area contributed by atoms with Crippen molar-refractivity contribution in [2.24, 2.45) is 0 Å². The molecule has 1 aromatic carbocycles. The molecule has 1 aromatic rings. The predicted molar refractivity (Wildman–Crippen MR) is 112 cm³/mol. The van der Waals surface area contributed by atoms with Gasteiger partial charge in [0.05, 0.1) is 16.6 Å². The molecule has 1 amide bonds. The van der Waals surface area contributed by atoms with Crippen LogP contribution in [0.15, 0.2) is 27.6 Å². The zero-order valence-corrected chi connectivity index (χ0v) is 18.5. The molecule has 1 saturated carbocycles. The number of carbonyl (C=O) groups excluding carboxylic acids is 1. The maximum atomic E-state index is 12.8. The van der Waals surface area contributed by atoms with Crippen molar-refractivity contribution in [1.29, 1.82) is 0 Å². The molecule has 1 saturated heterocycles. The Labute approximate surface area is 176 Å². The standard InChI is InChI=1S/C20H29BrN2O4S/c21-19-11-10-17(28(25,26)22-14-16-9-6-12-27-16)13-18(19)20(24)23-15-7-4-2-1-3-5-8-15/h10-11,13,15-16,22H,1-9,12,14H2,(H,23,24). The van der Waals surface area contributed by atoms with Crippen LogP contribution in [0.3, 0.4) is 0 Å². The number of rotatable bonds is 6. The molecule has 2 N–H and O–H groups in total. The number of benzene rings is 1. The summed E-state index contributed by atoms with van der Waals surface area (Å²) < 4.78 is 33.9. The molecule has 6 nitrogen and oxygen atoms in total. The highest BCUT2D eigenvalue weighted by Gasteiger charge is 2.23. The van der Waals surface area contributed by atoms with Crippen molar-refractivity contribution in [1.82, 2.24) is 10.0 Å². The molecular formula is C20H29BrN2O4S. The Kier molecular flexibility index (Phi) is 7.91. The van der Waals surface area contributed by atoms with Crippen LogP contribution in [0.2, 0.25) is 0 Å². The Bertz CT molecular complexity index is 770.